The maximum Gasteiger partial charge on any atom is 0.258 e. The molecular formula is C26H28N4O3. The van der Waals surface area contributed by atoms with Crippen molar-refractivity contribution in [2.45, 2.75) is 20.3 Å². The molecule has 0 spiro atoms. The molecule has 0 saturated heterocycles. The van der Waals surface area contributed by atoms with Crippen LogP contribution in [0.3, 0.4) is 0 Å². The summed E-state index contributed by atoms with van der Waals surface area (Å²) in [6, 6.07) is 23.6. The molecular weight excluding hydrogens is 416 g/mol. The molecule has 0 aliphatic rings. The molecule has 3 rings (SSSR count). The quantitative estimate of drug-likeness (QED) is 0.444. The number of benzene rings is 3. The number of hydrogen-bond donors (Lipinski definition) is 3. The van der Waals surface area contributed by atoms with Gasteiger partial charge in [0, 0.05) is 41.3 Å². The number of nitrogens with one attached hydrogen (secondary N) is 3. The van der Waals surface area contributed by atoms with Crippen LogP contribution in [-0.2, 0) is 9.59 Å². The van der Waals surface area contributed by atoms with Crippen LogP contribution in [0.4, 0.5) is 22.7 Å². The van der Waals surface area contributed by atoms with E-state index in [4.69, 9.17) is 0 Å². The van der Waals surface area contributed by atoms with Gasteiger partial charge in [-0.1, -0.05) is 37.3 Å². The normalized spacial score (nSPS) is 10.2. The van der Waals surface area contributed by atoms with Crippen LogP contribution < -0.4 is 20.9 Å². The summed E-state index contributed by atoms with van der Waals surface area (Å²) in [5, 5.41) is 8.63. The first-order chi connectivity index (χ1) is 16.0. The fraction of sp³-hybridized carbons (Fsp3) is 0.192. The Morgan fingerprint density at radius 3 is 2.03 bits per heavy atom. The van der Waals surface area contributed by atoms with Crippen LogP contribution in [-0.4, -0.2) is 30.8 Å². The molecule has 0 radical (unpaired) electrons. The van der Waals surface area contributed by atoms with Crippen LogP contribution in [0.1, 0.15) is 30.6 Å². The molecule has 3 aromatic carbocycles. The highest BCUT2D eigenvalue weighted by atomic mass is 16.2. The summed E-state index contributed by atoms with van der Waals surface area (Å²) >= 11 is 0. The second-order valence-electron chi connectivity index (χ2n) is 7.35. The van der Waals surface area contributed by atoms with E-state index in [2.05, 4.69) is 16.0 Å². The molecule has 3 amide bonds. The first-order valence-electron chi connectivity index (χ1n) is 10.9. The lowest BCUT2D eigenvalue weighted by molar-refractivity contribution is -0.116. The third-order valence-corrected chi connectivity index (χ3v) is 4.94. The summed E-state index contributed by atoms with van der Waals surface area (Å²) < 4.78 is 0. The van der Waals surface area contributed by atoms with Crippen LogP contribution in [0.15, 0.2) is 78.9 Å². The van der Waals surface area contributed by atoms with Crippen molar-refractivity contribution < 1.29 is 14.4 Å². The molecule has 7 heteroatoms. The highest BCUT2D eigenvalue weighted by Crippen LogP contribution is 2.19. The van der Waals surface area contributed by atoms with Gasteiger partial charge < -0.3 is 20.9 Å². The van der Waals surface area contributed by atoms with Crippen molar-refractivity contribution in [3.8, 4) is 0 Å². The van der Waals surface area contributed by atoms with Gasteiger partial charge in [-0.3, -0.25) is 14.4 Å². The lowest BCUT2D eigenvalue weighted by Crippen LogP contribution is -2.30. The zero-order valence-corrected chi connectivity index (χ0v) is 18.8. The molecule has 0 bridgehead atoms. The molecule has 0 atom stereocenters. The lowest BCUT2D eigenvalue weighted by atomic mass is 10.1. The minimum Gasteiger partial charge on any atom is -0.376 e. The topological polar surface area (TPSA) is 90.5 Å². The number of carbonyl (C=O) groups excluding carboxylic acids is 3. The summed E-state index contributed by atoms with van der Waals surface area (Å²) in [4.78, 5) is 38.7. The lowest BCUT2D eigenvalue weighted by Gasteiger charge is -2.21. The van der Waals surface area contributed by atoms with Crippen molar-refractivity contribution >= 4 is 40.5 Å². The third-order valence-electron chi connectivity index (χ3n) is 4.94. The number of para-hydroxylation sites is 1. The van der Waals surface area contributed by atoms with E-state index in [0.29, 0.717) is 35.6 Å². The van der Waals surface area contributed by atoms with Gasteiger partial charge in [0.25, 0.3) is 5.91 Å². The van der Waals surface area contributed by atoms with Gasteiger partial charge in [0.2, 0.25) is 11.8 Å². The van der Waals surface area contributed by atoms with E-state index in [-0.39, 0.29) is 24.3 Å². The van der Waals surface area contributed by atoms with E-state index in [1.807, 2.05) is 43.3 Å². The average Bonchev–Trinajstić information content (AvgIpc) is 2.84. The standard InChI is InChI=1S/C26H28N4O3/c1-3-24(31)28-21-12-9-13-22(17-21)29-25(32)18-27-20-11-8-10-19(16-20)26(33)30(4-2)23-14-6-5-7-15-23/h5-17,27H,3-4,18H2,1-2H3,(H,28,31)(H,29,32). The molecule has 0 heterocycles. The van der Waals surface area contributed by atoms with Crippen LogP contribution in [0.25, 0.3) is 0 Å². The summed E-state index contributed by atoms with van der Waals surface area (Å²) in [6.07, 6.45) is 0.378. The Hall–Kier alpha value is -4.13. The number of anilines is 4. The Kier molecular flexibility index (Phi) is 8.18. The second-order valence-corrected chi connectivity index (χ2v) is 7.35. The predicted molar refractivity (Wildman–Crippen MR) is 133 cm³/mol. The molecule has 0 aliphatic carbocycles. The second kappa shape index (κ2) is 11.5. The Labute approximate surface area is 193 Å². The van der Waals surface area contributed by atoms with Crippen molar-refractivity contribution in [1.82, 2.24) is 0 Å². The van der Waals surface area contributed by atoms with E-state index in [1.165, 1.54) is 0 Å². The number of hydrogen-bond acceptors (Lipinski definition) is 4. The molecule has 0 unspecified atom stereocenters. The van der Waals surface area contributed by atoms with Crippen molar-refractivity contribution in [3.05, 3.63) is 84.4 Å². The van der Waals surface area contributed by atoms with Crippen molar-refractivity contribution in [2.75, 3.05) is 33.9 Å². The van der Waals surface area contributed by atoms with Gasteiger partial charge in [0.1, 0.15) is 0 Å². The van der Waals surface area contributed by atoms with Gasteiger partial charge >= 0.3 is 0 Å². The predicted octanol–water partition coefficient (Wildman–Crippen LogP) is 4.75. The van der Waals surface area contributed by atoms with Gasteiger partial charge in [-0.05, 0) is 55.5 Å². The summed E-state index contributed by atoms with van der Waals surface area (Å²) in [5.41, 5.74) is 3.24. The van der Waals surface area contributed by atoms with Gasteiger partial charge in [-0.25, -0.2) is 0 Å². The van der Waals surface area contributed by atoms with Gasteiger partial charge in [0.05, 0.1) is 6.54 Å². The van der Waals surface area contributed by atoms with E-state index in [9.17, 15) is 14.4 Å². The Balaban J connectivity index is 1.60. The van der Waals surface area contributed by atoms with Crippen LogP contribution in [0.5, 0.6) is 0 Å². The minimum absolute atomic E-state index is 0.0272. The average molecular weight is 445 g/mol. The SMILES string of the molecule is CCC(=O)Nc1cccc(NC(=O)CNc2cccc(C(=O)N(CC)c3ccccc3)c2)c1. The molecule has 0 aromatic heterocycles. The van der Waals surface area contributed by atoms with Crippen LogP contribution >= 0.6 is 0 Å². The number of rotatable bonds is 9. The van der Waals surface area contributed by atoms with Crippen molar-refractivity contribution in [2.24, 2.45) is 0 Å². The summed E-state index contributed by atoms with van der Waals surface area (Å²) in [6.45, 7) is 4.27. The number of amides is 3. The highest BCUT2D eigenvalue weighted by molar-refractivity contribution is 6.06. The summed E-state index contributed by atoms with van der Waals surface area (Å²) in [5.74, 6) is -0.448. The molecule has 0 aliphatic heterocycles. The Morgan fingerprint density at radius 2 is 1.36 bits per heavy atom. The van der Waals surface area contributed by atoms with Gasteiger partial charge in [0.15, 0.2) is 0 Å². The fourth-order valence-corrected chi connectivity index (χ4v) is 3.28. The van der Waals surface area contributed by atoms with E-state index in [0.717, 1.165) is 5.69 Å². The molecule has 7 nitrogen and oxygen atoms in total. The third kappa shape index (κ3) is 6.67. The van der Waals surface area contributed by atoms with Gasteiger partial charge in [-0.15, -0.1) is 0 Å². The smallest absolute Gasteiger partial charge is 0.258 e. The maximum absolute atomic E-state index is 13.0. The Bertz CT molecular complexity index is 1120. The largest absolute Gasteiger partial charge is 0.376 e. The van der Waals surface area contributed by atoms with Crippen molar-refractivity contribution in [1.29, 1.82) is 0 Å². The van der Waals surface area contributed by atoms with Crippen molar-refractivity contribution in [3.63, 3.8) is 0 Å². The molecule has 3 aromatic rings. The van der Waals surface area contributed by atoms with Crippen LogP contribution in [0.2, 0.25) is 0 Å². The maximum atomic E-state index is 13.0. The van der Waals surface area contributed by atoms with Crippen LogP contribution in [0, 0.1) is 0 Å². The first kappa shape index (κ1) is 23.5. The van der Waals surface area contributed by atoms with E-state index < -0.39 is 0 Å². The van der Waals surface area contributed by atoms with E-state index >= 15 is 0 Å². The zero-order chi connectivity index (χ0) is 23.6. The molecule has 170 valence electrons. The zero-order valence-electron chi connectivity index (χ0n) is 18.8. The fourth-order valence-electron chi connectivity index (χ4n) is 3.28. The Morgan fingerprint density at radius 1 is 0.727 bits per heavy atom. The molecule has 0 saturated carbocycles. The summed E-state index contributed by atoms with van der Waals surface area (Å²) in [7, 11) is 0. The van der Waals surface area contributed by atoms with Gasteiger partial charge in [-0.2, -0.15) is 0 Å². The first-order valence-corrected chi connectivity index (χ1v) is 10.9. The minimum atomic E-state index is -0.245. The highest BCUT2D eigenvalue weighted by Gasteiger charge is 2.16. The molecule has 0 fully saturated rings. The monoisotopic (exact) mass is 444 g/mol. The molecule has 3 N–H and O–H groups in total. The van der Waals surface area contributed by atoms with E-state index in [1.54, 1.807) is 54.3 Å². The number of carbonyl (C=O) groups is 3. The molecule has 33 heavy (non-hydrogen) atoms. The number of nitrogens with zero attached hydrogens (tertiary/aromatic N) is 1.